The first-order valence-electron chi connectivity index (χ1n) is 8.49. The van der Waals surface area contributed by atoms with Gasteiger partial charge in [-0.3, -0.25) is 4.79 Å². The molecule has 0 radical (unpaired) electrons. The van der Waals surface area contributed by atoms with Crippen molar-refractivity contribution in [2.45, 2.75) is 37.1 Å². The predicted octanol–water partition coefficient (Wildman–Crippen LogP) is 2.82. The SMILES string of the molecule is C=CCn1c(=O)c2cnc(SC)nc2n1-c1cccc(OC2CCC2)n1. The molecule has 1 aliphatic carbocycles. The minimum atomic E-state index is -0.167. The molecule has 0 aromatic carbocycles. The summed E-state index contributed by atoms with van der Waals surface area (Å²) in [4.78, 5) is 26.1. The molecular weight excluding hydrogens is 350 g/mol. The van der Waals surface area contributed by atoms with Crippen LogP contribution in [0.1, 0.15) is 19.3 Å². The summed E-state index contributed by atoms with van der Waals surface area (Å²) in [5.41, 5.74) is 0.365. The first-order valence-corrected chi connectivity index (χ1v) is 9.71. The van der Waals surface area contributed by atoms with E-state index in [-0.39, 0.29) is 11.7 Å². The first kappa shape index (κ1) is 16.8. The Kier molecular flexibility index (Phi) is 4.50. The van der Waals surface area contributed by atoms with Crippen molar-refractivity contribution in [2.75, 3.05) is 6.26 Å². The van der Waals surface area contributed by atoms with Gasteiger partial charge in [-0.15, -0.1) is 6.58 Å². The molecule has 0 unspecified atom stereocenters. The minimum absolute atomic E-state index is 0.167. The smallest absolute Gasteiger partial charge is 0.278 e. The number of hydrogen-bond acceptors (Lipinski definition) is 6. The largest absolute Gasteiger partial charge is 0.474 e. The summed E-state index contributed by atoms with van der Waals surface area (Å²) < 4.78 is 9.19. The van der Waals surface area contributed by atoms with E-state index in [1.807, 2.05) is 24.5 Å². The number of aromatic nitrogens is 5. The molecule has 0 spiro atoms. The summed E-state index contributed by atoms with van der Waals surface area (Å²) in [6, 6.07) is 5.56. The Morgan fingerprint density at radius 3 is 2.92 bits per heavy atom. The van der Waals surface area contributed by atoms with Crippen LogP contribution in [0.2, 0.25) is 0 Å². The number of nitrogens with zero attached hydrogens (tertiary/aromatic N) is 5. The van der Waals surface area contributed by atoms with Gasteiger partial charge < -0.3 is 4.74 Å². The number of rotatable bonds is 6. The van der Waals surface area contributed by atoms with E-state index in [0.29, 0.717) is 34.4 Å². The minimum Gasteiger partial charge on any atom is -0.474 e. The fourth-order valence-corrected chi connectivity index (χ4v) is 3.21. The molecule has 3 heterocycles. The number of fused-ring (bicyclic) bond motifs is 1. The summed E-state index contributed by atoms with van der Waals surface area (Å²) in [5, 5.41) is 1.06. The second-order valence-corrected chi connectivity index (χ2v) is 6.86. The van der Waals surface area contributed by atoms with Gasteiger partial charge in [-0.05, 0) is 31.6 Å². The second-order valence-electron chi connectivity index (χ2n) is 6.09. The highest BCUT2D eigenvalue weighted by molar-refractivity contribution is 7.98. The maximum Gasteiger partial charge on any atom is 0.278 e. The van der Waals surface area contributed by atoms with Crippen molar-refractivity contribution >= 4 is 22.8 Å². The Morgan fingerprint density at radius 2 is 2.23 bits per heavy atom. The van der Waals surface area contributed by atoms with Gasteiger partial charge in [-0.2, -0.15) is 4.98 Å². The molecule has 0 saturated heterocycles. The molecule has 7 nitrogen and oxygen atoms in total. The van der Waals surface area contributed by atoms with Crippen LogP contribution in [0, 0.1) is 0 Å². The number of pyridine rings is 1. The van der Waals surface area contributed by atoms with Gasteiger partial charge in [0.2, 0.25) is 5.88 Å². The van der Waals surface area contributed by atoms with Gasteiger partial charge in [0.15, 0.2) is 16.6 Å². The van der Waals surface area contributed by atoms with Crippen LogP contribution in [0.5, 0.6) is 5.88 Å². The van der Waals surface area contributed by atoms with Crippen molar-refractivity contribution in [3.8, 4) is 11.7 Å². The normalized spacial score (nSPS) is 14.3. The van der Waals surface area contributed by atoms with Gasteiger partial charge in [-0.25, -0.2) is 19.3 Å². The Bertz CT molecular complexity index is 1020. The number of allylic oxidation sites excluding steroid dienone is 1. The predicted molar refractivity (Wildman–Crippen MR) is 101 cm³/mol. The Morgan fingerprint density at radius 1 is 1.38 bits per heavy atom. The molecule has 0 aliphatic heterocycles. The zero-order valence-corrected chi connectivity index (χ0v) is 15.3. The molecule has 1 aliphatic rings. The van der Waals surface area contributed by atoms with Gasteiger partial charge >= 0.3 is 0 Å². The first-order chi connectivity index (χ1) is 12.7. The van der Waals surface area contributed by atoms with E-state index in [1.54, 1.807) is 21.6 Å². The van der Waals surface area contributed by atoms with E-state index in [2.05, 4.69) is 21.5 Å². The van der Waals surface area contributed by atoms with Crippen LogP contribution >= 0.6 is 11.8 Å². The van der Waals surface area contributed by atoms with Gasteiger partial charge in [0, 0.05) is 12.3 Å². The van der Waals surface area contributed by atoms with Gasteiger partial charge in [-0.1, -0.05) is 23.9 Å². The molecule has 0 N–H and O–H groups in total. The lowest BCUT2D eigenvalue weighted by molar-refractivity contribution is 0.114. The highest BCUT2D eigenvalue weighted by Crippen LogP contribution is 2.25. The summed E-state index contributed by atoms with van der Waals surface area (Å²) in [5.74, 6) is 1.15. The van der Waals surface area contributed by atoms with Crippen LogP contribution in [0.4, 0.5) is 0 Å². The maximum absolute atomic E-state index is 12.8. The average molecular weight is 369 g/mol. The quantitative estimate of drug-likeness (QED) is 0.378. The maximum atomic E-state index is 12.8. The molecule has 1 saturated carbocycles. The van der Waals surface area contributed by atoms with Crippen molar-refractivity contribution in [3.63, 3.8) is 0 Å². The Labute approximate surface area is 154 Å². The standard InChI is InChI=1S/C18H19N5O2S/c1-3-10-22-17(24)13-11-19-18(26-2)21-16(13)23(22)14-8-5-9-15(20-14)25-12-6-4-7-12/h3,5,8-9,11-12H,1,4,6-7,10H2,2H3. The average Bonchev–Trinajstić information content (AvgIpc) is 2.90. The summed E-state index contributed by atoms with van der Waals surface area (Å²) in [6.07, 6.45) is 8.69. The van der Waals surface area contributed by atoms with Crippen LogP contribution in [0.15, 0.2) is 47.0 Å². The van der Waals surface area contributed by atoms with E-state index in [9.17, 15) is 4.79 Å². The van der Waals surface area contributed by atoms with Crippen LogP contribution in [-0.2, 0) is 6.54 Å². The number of thioether (sulfide) groups is 1. The van der Waals surface area contributed by atoms with Crippen molar-refractivity contribution < 1.29 is 4.74 Å². The highest BCUT2D eigenvalue weighted by atomic mass is 32.2. The lowest BCUT2D eigenvalue weighted by atomic mass is 9.96. The fraction of sp³-hybridized carbons (Fsp3) is 0.333. The fourth-order valence-electron chi connectivity index (χ4n) is 2.88. The third-order valence-corrected chi connectivity index (χ3v) is 4.97. The molecule has 3 aromatic rings. The zero-order valence-electron chi connectivity index (χ0n) is 14.5. The molecule has 8 heteroatoms. The molecule has 0 amide bonds. The summed E-state index contributed by atoms with van der Waals surface area (Å²) in [6.45, 7) is 4.10. The number of hydrogen-bond donors (Lipinski definition) is 0. The van der Waals surface area contributed by atoms with Crippen molar-refractivity contribution in [1.29, 1.82) is 0 Å². The van der Waals surface area contributed by atoms with E-state index < -0.39 is 0 Å². The molecule has 0 bridgehead atoms. The second kappa shape index (κ2) is 6.95. The van der Waals surface area contributed by atoms with E-state index in [1.165, 1.54) is 18.2 Å². The van der Waals surface area contributed by atoms with Crippen molar-refractivity contribution in [2.24, 2.45) is 0 Å². The highest BCUT2D eigenvalue weighted by Gasteiger charge is 2.21. The third kappa shape index (κ3) is 2.90. The topological polar surface area (TPSA) is 74.8 Å². The molecule has 26 heavy (non-hydrogen) atoms. The Hall–Kier alpha value is -2.61. The monoisotopic (exact) mass is 369 g/mol. The lowest BCUT2D eigenvalue weighted by Crippen LogP contribution is -2.25. The van der Waals surface area contributed by atoms with Crippen LogP contribution in [-0.4, -0.2) is 36.7 Å². The van der Waals surface area contributed by atoms with Crippen molar-refractivity contribution in [1.82, 2.24) is 24.3 Å². The molecule has 4 rings (SSSR count). The van der Waals surface area contributed by atoms with E-state index in [4.69, 9.17) is 4.74 Å². The van der Waals surface area contributed by atoms with Crippen LogP contribution in [0.25, 0.3) is 16.9 Å². The van der Waals surface area contributed by atoms with E-state index in [0.717, 1.165) is 12.8 Å². The van der Waals surface area contributed by atoms with Crippen LogP contribution in [0.3, 0.4) is 0 Å². The molecule has 1 fully saturated rings. The number of ether oxygens (including phenoxy) is 1. The summed E-state index contributed by atoms with van der Waals surface area (Å²) in [7, 11) is 0. The molecule has 3 aromatic heterocycles. The lowest BCUT2D eigenvalue weighted by Gasteiger charge is -2.25. The molecular formula is C18H19N5O2S. The van der Waals surface area contributed by atoms with Crippen LogP contribution < -0.4 is 10.3 Å². The molecule has 134 valence electrons. The molecule has 0 atom stereocenters. The third-order valence-electron chi connectivity index (χ3n) is 4.40. The van der Waals surface area contributed by atoms with Gasteiger partial charge in [0.05, 0.1) is 6.54 Å². The Balaban J connectivity index is 1.88. The van der Waals surface area contributed by atoms with Gasteiger partial charge in [0.1, 0.15) is 11.5 Å². The van der Waals surface area contributed by atoms with Gasteiger partial charge in [0.25, 0.3) is 5.56 Å². The summed E-state index contributed by atoms with van der Waals surface area (Å²) >= 11 is 1.43. The van der Waals surface area contributed by atoms with E-state index >= 15 is 0 Å². The zero-order chi connectivity index (χ0) is 18.1. The van der Waals surface area contributed by atoms with Crippen molar-refractivity contribution in [3.05, 3.63) is 47.4 Å².